The average Bonchev–Trinajstić information content (AvgIpc) is 2.70. The fraction of sp³-hybridized carbons (Fsp3) is 0.429. The molecule has 2 heterocycles. The Labute approximate surface area is 163 Å². The molecule has 0 spiro atoms. The zero-order valence-corrected chi connectivity index (χ0v) is 16.6. The molecule has 1 aromatic heterocycles. The van der Waals surface area contributed by atoms with Gasteiger partial charge in [0, 0.05) is 42.6 Å². The summed E-state index contributed by atoms with van der Waals surface area (Å²) < 4.78 is 12.5. The molecule has 0 amide bonds. The van der Waals surface area contributed by atoms with Gasteiger partial charge in [-0.3, -0.25) is 4.79 Å². The highest BCUT2D eigenvalue weighted by molar-refractivity contribution is 7.98. The van der Waals surface area contributed by atoms with E-state index in [1.165, 1.54) is 0 Å². The van der Waals surface area contributed by atoms with Crippen molar-refractivity contribution in [3.05, 3.63) is 52.4 Å². The molecule has 5 nitrogen and oxygen atoms in total. The fourth-order valence-electron chi connectivity index (χ4n) is 3.29. The van der Waals surface area contributed by atoms with Crippen molar-refractivity contribution < 1.29 is 14.3 Å². The van der Waals surface area contributed by atoms with Crippen LogP contribution in [0.1, 0.15) is 30.1 Å². The largest absolute Gasteiger partial charge is 0.462 e. The summed E-state index contributed by atoms with van der Waals surface area (Å²) in [5, 5.41) is 0. The van der Waals surface area contributed by atoms with E-state index in [1.807, 2.05) is 41.3 Å². The van der Waals surface area contributed by atoms with Crippen LogP contribution < -0.4 is 5.43 Å². The Morgan fingerprint density at radius 1 is 1.22 bits per heavy atom. The van der Waals surface area contributed by atoms with Crippen LogP contribution in [0.5, 0.6) is 0 Å². The lowest BCUT2D eigenvalue weighted by Gasteiger charge is -2.23. The number of carbonyl (C=O) groups excluding carboxylic acids is 1. The summed E-state index contributed by atoms with van der Waals surface area (Å²) in [6.07, 6.45) is 7.47. The molecule has 0 N–H and O–H groups in total. The summed E-state index contributed by atoms with van der Waals surface area (Å²) in [4.78, 5) is 26.4. The van der Waals surface area contributed by atoms with E-state index in [2.05, 4.69) is 0 Å². The number of pyridine rings is 1. The Kier molecular flexibility index (Phi) is 6.74. The minimum absolute atomic E-state index is 0.0929. The van der Waals surface area contributed by atoms with Crippen molar-refractivity contribution >= 4 is 17.7 Å². The Bertz CT molecular complexity index is 838. The molecular weight excluding hydrogens is 362 g/mol. The number of esters is 1. The molecule has 1 fully saturated rings. The van der Waals surface area contributed by atoms with Crippen LogP contribution >= 0.6 is 11.8 Å². The molecule has 6 heteroatoms. The van der Waals surface area contributed by atoms with Crippen molar-refractivity contribution in [3.8, 4) is 11.1 Å². The van der Waals surface area contributed by atoms with Crippen molar-refractivity contribution in [1.82, 2.24) is 4.57 Å². The molecule has 2 aromatic rings. The third kappa shape index (κ3) is 4.82. The van der Waals surface area contributed by atoms with Crippen molar-refractivity contribution in [2.45, 2.75) is 31.2 Å². The average molecular weight is 388 g/mol. The van der Waals surface area contributed by atoms with E-state index in [1.54, 1.807) is 24.9 Å². The van der Waals surface area contributed by atoms with Crippen LogP contribution in [0, 0.1) is 5.92 Å². The number of carbonyl (C=O) groups is 1. The van der Waals surface area contributed by atoms with E-state index in [-0.39, 0.29) is 17.6 Å². The van der Waals surface area contributed by atoms with Gasteiger partial charge in [0.1, 0.15) is 5.56 Å². The number of nitrogens with zero attached hydrogens (tertiary/aromatic N) is 1. The molecule has 0 radical (unpaired) electrons. The van der Waals surface area contributed by atoms with E-state index in [0.717, 1.165) is 43.1 Å². The summed E-state index contributed by atoms with van der Waals surface area (Å²) >= 11 is 1.65. The van der Waals surface area contributed by atoms with E-state index < -0.39 is 5.97 Å². The van der Waals surface area contributed by atoms with Crippen LogP contribution in [-0.4, -0.2) is 36.6 Å². The highest BCUT2D eigenvalue weighted by Crippen LogP contribution is 2.23. The Morgan fingerprint density at radius 3 is 2.56 bits per heavy atom. The van der Waals surface area contributed by atoms with Crippen LogP contribution in [-0.2, 0) is 16.0 Å². The SMILES string of the molecule is CCOC(=O)c1cn(CC2CCOCC2)cc(-c2ccc(SC)cc2)c1=O. The monoisotopic (exact) mass is 387 g/mol. The van der Waals surface area contributed by atoms with Gasteiger partial charge in [0.15, 0.2) is 0 Å². The zero-order valence-electron chi connectivity index (χ0n) is 15.8. The van der Waals surface area contributed by atoms with Crippen molar-refractivity contribution in [1.29, 1.82) is 0 Å². The first-order chi connectivity index (χ1) is 13.1. The maximum absolute atomic E-state index is 12.9. The standard InChI is InChI=1S/C21H25NO4S/c1-3-26-21(24)19-14-22(12-15-8-10-25-11-9-15)13-18(20(19)23)16-4-6-17(27-2)7-5-16/h4-7,13-15H,3,8-12H2,1-2H3. The molecule has 0 unspecified atom stereocenters. The maximum Gasteiger partial charge on any atom is 0.343 e. The van der Waals surface area contributed by atoms with Crippen LogP contribution in [0.4, 0.5) is 0 Å². The molecule has 0 atom stereocenters. The normalized spacial score (nSPS) is 14.9. The van der Waals surface area contributed by atoms with Crippen LogP contribution in [0.25, 0.3) is 11.1 Å². The Hall–Kier alpha value is -2.05. The molecule has 144 valence electrons. The second-order valence-corrected chi connectivity index (χ2v) is 7.50. The summed E-state index contributed by atoms with van der Waals surface area (Å²) in [5.41, 5.74) is 1.15. The van der Waals surface area contributed by atoms with E-state index in [0.29, 0.717) is 11.5 Å². The molecule has 0 saturated carbocycles. The van der Waals surface area contributed by atoms with E-state index >= 15 is 0 Å². The number of rotatable bonds is 6. The van der Waals surface area contributed by atoms with Gasteiger partial charge in [0.25, 0.3) is 0 Å². The summed E-state index contributed by atoms with van der Waals surface area (Å²) in [6.45, 7) is 4.26. The van der Waals surface area contributed by atoms with Crippen LogP contribution in [0.3, 0.4) is 0 Å². The molecule has 27 heavy (non-hydrogen) atoms. The van der Waals surface area contributed by atoms with E-state index in [4.69, 9.17) is 9.47 Å². The van der Waals surface area contributed by atoms with Crippen LogP contribution in [0.15, 0.2) is 46.3 Å². The number of thioether (sulfide) groups is 1. The predicted molar refractivity (Wildman–Crippen MR) is 107 cm³/mol. The van der Waals surface area contributed by atoms with E-state index in [9.17, 15) is 9.59 Å². The van der Waals surface area contributed by atoms with Gasteiger partial charge >= 0.3 is 5.97 Å². The highest BCUT2D eigenvalue weighted by Gasteiger charge is 2.19. The molecule has 0 bridgehead atoms. The second-order valence-electron chi connectivity index (χ2n) is 6.62. The Morgan fingerprint density at radius 2 is 1.93 bits per heavy atom. The number of hydrogen-bond acceptors (Lipinski definition) is 5. The third-order valence-corrected chi connectivity index (χ3v) is 5.53. The lowest BCUT2D eigenvalue weighted by molar-refractivity contribution is 0.0520. The molecule has 1 aliphatic heterocycles. The minimum Gasteiger partial charge on any atom is -0.462 e. The smallest absolute Gasteiger partial charge is 0.343 e. The first-order valence-electron chi connectivity index (χ1n) is 9.25. The van der Waals surface area contributed by atoms with Gasteiger partial charge < -0.3 is 14.0 Å². The third-order valence-electron chi connectivity index (χ3n) is 4.79. The quantitative estimate of drug-likeness (QED) is 0.557. The van der Waals surface area contributed by atoms with Gasteiger partial charge in [-0.25, -0.2) is 4.79 Å². The van der Waals surface area contributed by atoms with Gasteiger partial charge in [0.2, 0.25) is 5.43 Å². The Balaban J connectivity index is 2.01. The molecular formula is C21H25NO4S. The maximum atomic E-state index is 12.9. The molecule has 1 aliphatic rings. The number of hydrogen-bond donors (Lipinski definition) is 0. The number of aromatic nitrogens is 1. The van der Waals surface area contributed by atoms with Crippen molar-refractivity contribution in [2.75, 3.05) is 26.1 Å². The molecule has 1 saturated heterocycles. The summed E-state index contributed by atoms with van der Waals surface area (Å²) in [6, 6.07) is 7.82. The van der Waals surface area contributed by atoms with Crippen molar-refractivity contribution in [2.24, 2.45) is 5.92 Å². The highest BCUT2D eigenvalue weighted by atomic mass is 32.2. The van der Waals surface area contributed by atoms with Gasteiger partial charge in [-0.05, 0) is 49.6 Å². The molecule has 1 aromatic carbocycles. The van der Waals surface area contributed by atoms with Crippen LogP contribution in [0.2, 0.25) is 0 Å². The molecule has 0 aliphatic carbocycles. The van der Waals surface area contributed by atoms with Gasteiger partial charge in [0.05, 0.1) is 6.61 Å². The van der Waals surface area contributed by atoms with Gasteiger partial charge in [-0.2, -0.15) is 0 Å². The topological polar surface area (TPSA) is 57.5 Å². The summed E-state index contributed by atoms with van der Waals surface area (Å²) in [7, 11) is 0. The first kappa shape index (κ1) is 19.7. The number of benzene rings is 1. The second kappa shape index (κ2) is 9.24. The fourth-order valence-corrected chi connectivity index (χ4v) is 3.70. The zero-order chi connectivity index (χ0) is 19.2. The lowest BCUT2D eigenvalue weighted by atomic mass is 9.99. The van der Waals surface area contributed by atoms with Gasteiger partial charge in [-0.1, -0.05) is 12.1 Å². The summed E-state index contributed by atoms with van der Waals surface area (Å²) in [5.74, 6) is -0.0890. The van der Waals surface area contributed by atoms with Crippen molar-refractivity contribution in [3.63, 3.8) is 0 Å². The molecule has 3 rings (SSSR count). The lowest BCUT2D eigenvalue weighted by Crippen LogP contribution is -2.25. The number of ether oxygens (including phenoxy) is 2. The van der Waals surface area contributed by atoms with Gasteiger partial charge in [-0.15, -0.1) is 11.8 Å². The first-order valence-corrected chi connectivity index (χ1v) is 10.5. The minimum atomic E-state index is -0.564. The predicted octanol–water partition coefficient (Wildman–Crippen LogP) is 3.84.